The maximum absolute atomic E-state index is 15.2. The van der Waals surface area contributed by atoms with Crippen LogP contribution in [0.1, 0.15) is 271 Å². The summed E-state index contributed by atoms with van der Waals surface area (Å²) in [6, 6.07) is 0. The van der Waals surface area contributed by atoms with Crippen molar-refractivity contribution in [1.29, 1.82) is 0 Å². The van der Waals surface area contributed by atoms with E-state index in [2.05, 4.69) is 62.1 Å². The number of hydrogen-bond donors (Lipinski definition) is 7. The first-order valence-electron chi connectivity index (χ1n) is 38.2. The van der Waals surface area contributed by atoms with Crippen molar-refractivity contribution in [2.75, 3.05) is 77.5 Å². The van der Waals surface area contributed by atoms with Crippen LogP contribution in [0, 0.1) is 0 Å². The van der Waals surface area contributed by atoms with Gasteiger partial charge in [-0.15, -0.1) is 0 Å². The molecule has 596 valence electrons. The molecular weight excluding hydrogens is 1450 g/mol. The van der Waals surface area contributed by atoms with Gasteiger partial charge in [-0.3, -0.25) is 18.2 Å². The van der Waals surface area contributed by atoms with Gasteiger partial charge >= 0.3 is 37.4 Å². The second-order valence-electron chi connectivity index (χ2n) is 26.9. The number of nitrogen functional groups attached to an aromatic ring is 2. The molecule has 4 aromatic rings. The number of phosphoric acid groups is 2. The molecule has 9 N–H and O–H groups in total. The molecule has 4 aromatic heterocycles. The molecule has 6 heterocycles. The summed E-state index contributed by atoms with van der Waals surface area (Å²) in [7, 11) is -9.37. The van der Waals surface area contributed by atoms with E-state index < -0.39 is 90.3 Å². The largest absolute Gasteiger partial charge is 1.00 e. The van der Waals surface area contributed by atoms with Crippen LogP contribution < -0.4 is 45.9 Å². The topological polar surface area (TPSA) is 381 Å². The van der Waals surface area contributed by atoms with Gasteiger partial charge < -0.3 is 78.9 Å². The zero-order valence-corrected chi connectivity index (χ0v) is 68.0. The number of aliphatic hydroxyl groups is 3. The van der Waals surface area contributed by atoms with Crippen molar-refractivity contribution < 1.29 is 119 Å². The summed E-state index contributed by atoms with van der Waals surface area (Å²) in [4.78, 5) is 54.2. The van der Waals surface area contributed by atoms with Crippen LogP contribution in [0.4, 0.5) is 20.4 Å². The Morgan fingerprint density at radius 2 is 0.817 bits per heavy atom. The number of halogens is 4. The number of ether oxygens (including phenoxy) is 6. The molecular formula is C70H125Cl2F2N10NaO17P2. The maximum atomic E-state index is 15.2. The molecule has 34 heteroatoms. The first kappa shape index (κ1) is 96.2. The zero-order chi connectivity index (χ0) is 75.1. The van der Waals surface area contributed by atoms with Gasteiger partial charge in [-0.2, -0.15) is 19.9 Å². The van der Waals surface area contributed by atoms with Crippen LogP contribution in [0.3, 0.4) is 0 Å². The van der Waals surface area contributed by atoms with Gasteiger partial charge in [0, 0.05) is 26.4 Å². The van der Waals surface area contributed by atoms with E-state index in [-0.39, 0.29) is 93.9 Å². The predicted molar refractivity (Wildman–Crippen MR) is 394 cm³/mol. The molecule has 0 spiro atoms. The van der Waals surface area contributed by atoms with Crippen molar-refractivity contribution in [2.45, 2.75) is 320 Å². The van der Waals surface area contributed by atoms with Gasteiger partial charge in [-0.25, -0.2) is 23.3 Å². The summed E-state index contributed by atoms with van der Waals surface area (Å²) in [5.74, 6) is 0.0535. The van der Waals surface area contributed by atoms with Gasteiger partial charge in [-0.05, 0) is 48.9 Å². The SMILES string of the molecule is CCCCCCCCCCCCOCC(COP(=O)(O)O)OCCCCCCCCCC.CCCCCCCCCCCCOCC(COP(=O)([O-])OC[C@H]1O[C@@H](n2cnc3c(N)nc(Cl)nc32)C(F)[C@H]1O)OCCCCCCCCCC.Nc1nc(Cl)nc2c1ncn2[C@@H]1O[C@H](CO)[C@H](O)C1F.[Na+]. The van der Waals surface area contributed by atoms with E-state index in [0.717, 1.165) is 57.8 Å². The van der Waals surface area contributed by atoms with Crippen LogP contribution in [-0.2, 0) is 51.1 Å². The Balaban J connectivity index is 0.000000449. The molecule has 2 aliphatic rings. The average molecular weight is 1570 g/mol. The fraction of sp³-hybridized carbons (Fsp3) is 0.857. The third-order valence-corrected chi connectivity index (χ3v) is 19.8. The van der Waals surface area contributed by atoms with Gasteiger partial charge in [0.1, 0.15) is 47.7 Å². The van der Waals surface area contributed by atoms with Crippen molar-refractivity contribution in [1.82, 2.24) is 39.0 Å². The Hall–Kier alpha value is -2.00. The molecule has 0 saturated carbocycles. The van der Waals surface area contributed by atoms with Gasteiger partial charge in [-0.1, -0.05) is 233 Å². The normalized spacial score (nSPS) is 20.1. The number of phosphoric ester groups is 2. The van der Waals surface area contributed by atoms with E-state index in [1.54, 1.807) is 0 Å². The Morgan fingerprint density at radius 3 is 1.15 bits per heavy atom. The molecule has 0 aliphatic carbocycles. The van der Waals surface area contributed by atoms with Gasteiger partial charge in [0.05, 0.1) is 52.3 Å². The van der Waals surface area contributed by atoms with E-state index in [1.165, 1.54) is 195 Å². The van der Waals surface area contributed by atoms with E-state index in [4.69, 9.17) is 87.0 Å². The molecule has 0 bridgehead atoms. The van der Waals surface area contributed by atoms with Crippen LogP contribution in [0.2, 0.25) is 10.6 Å². The third kappa shape index (κ3) is 39.3. The van der Waals surface area contributed by atoms with Gasteiger partial charge in [0.25, 0.3) is 7.82 Å². The number of anilines is 2. The van der Waals surface area contributed by atoms with Crippen molar-refractivity contribution >= 4 is 72.8 Å². The predicted octanol–water partition coefficient (Wildman–Crippen LogP) is 11.8. The summed E-state index contributed by atoms with van der Waals surface area (Å²) in [5.41, 5.74) is 12.2. The number of aromatic nitrogens is 8. The Labute approximate surface area is 648 Å². The van der Waals surface area contributed by atoms with Crippen molar-refractivity contribution in [3.05, 3.63) is 23.2 Å². The van der Waals surface area contributed by atoms with Crippen LogP contribution in [0.15, 0.2) is 12.7 Å². The Kier molecular flexibility index (Phi) is 52.8. The number of aliphatic hydroxyl groups excluding tert-OH is 3. The number of rotatable bonds is 58. The van der Waals surface area contributed by atoms with E-state index in [0.29, 0.717) is 33.0 Å². The number of nitrogens with two attached hydrogens (primary N) is 2. The number of alkyl halides is 2. The van der Waals surface area contributed by atoms with Crippen LogP contribution in [0.25, 0.3) is 22.3 Å². The first-order valence-corrected chi connectivity index (χ1v) is 42.0. The summed E-state index contributed by atoms with van der Waals surface area (Å²) in [5, 5.41) is 28.9. The summed E-state index contributed by atoms with van der Waals surface area (Å²) < 4.78 is 105. The third-order valence-electron chi connectivity index (χ3n) is 18.0. The van der Waals surface area contributed by atoms with Crippen LogP contribution in [-0.4, -0.2) is 179 Å². The minimum absolute atomic E-state index is 0. The maximum Gasteiger partial charge on any atom is 1.00 e. The fourth-order valence-corrected chi connectivity index (χ4v) is 13.4. The number of nitrogens with zero attached hydrogens (tertiary/aromatic N) is 8. The van der Waals surface area contributed by atoms with Gasteiger partial charge in [0.15, 0.2) is 47.7 Å². The second kappa shape index (κ2) is 57.1. The van der Waals surface area contributed by atoms with E-state index in [1.807, 2.05) is 0 Å². The molecule has 27 nitrogen and oxygen atoms in total. The van der Waals surface area contributed by atoms with Crippen molar-refractivity contribution in [3.63, 3.8) is 0 Å². The average Bonchev–Trinajstić information content (AvgIpc) is 1.63. The fourth-order valence-electron chi connectivity index (χ4n) is 12.0. The standard InChI is InChI=1S/C35H62ClFN5O8P.C25H53O6P.C10H11ClFN5O3.Na/c1-3-5-7-9-11-13-14-15-17-19-21-46-23-27(47-22-20-18-16-12-10-8-6-4-2)24-48-51(44,45)49-25-28-31(43)29(37)34(50-28)42-26-39-30-32(38)40-35(36)41-33(30)42;1-3-5-7-9-11-13-14-15-17-19-21-29-23-25(24-31-32(26,27)28)30-22-20-18-16-12-10-8-6-4-2;11-10-15-7(13)5-8(16-10)17(2-14-5)9-4(12)6(19)3(1-18)20-9;/h26-29,31,34,43H,3-25H2,1-2H3,(H,44,45)(H2,38,40,41);25H,3-24H2,1-2H3,(H2,26,27,28);2-4,6,9,18-19H,1H2,(H2,13,15,16);/q;;;+1/p-1/t27?,28-,29?,31+,34-;;3-,4?,6+,9-;/m1.1./s1. The number of fused-ring (bicyclic) bond motifs is 2. The minimum Gasteiger partial charge on any atom is -0.756 e. The molecule has 104 heavy (non-hydrogen) atoms. The summed E-state index contributed by atoms with van der Waals surface area (Å²) >= 11 is 11.6. The molecule has 2 aliphatic heterocycles. The summed E-state index contributed by atoms with van der Waals surface area (Å²) in [6.45, 7) is 10.0. The number of unbranched alkanes of at least 4 members (excludes halogenated alkanes) is 32. The molecule has 2 fully saturated rings. The minimum atomic E-state index is -4.88. The molecule has 11 atom stereocenters. The van der Waals surface area contributed by atoms with Crippen molar-refractivity contribution in [2.24, 2.45) is 0 Å². The Morgan fingerprint density at radius 1 is 0.500 bits per heavy atom. The summed E-state index contributed by atoms with van der Waals surface area (Å²) in [6.07, 6.45) is 33.8. The Bertz CT molecular complexity index is 2930. The van der Waals surface area contributed by atoms with Crippen molar-refractivity contribution in [3.8, 4) is 0 Å². The van der Waals surface area contributed by atoms with Crippen LogP contribution >= 0.6 is 38.8 Å². The quantitative estimate of drug-likeness (QED) is 0.00934. The molecule has 0 radical (unpaired) electrons. The molecule has 6 rings (SSSR count). The molecule has 0 amide bonds. The van der Waals surface area contributed by atoms with E-state index >= 15 is 4.39 Å². The smallest absolute Gasteiger partial charge is 0.756 e. The first-order chi connectivity index (χ1) is 49.7. The van der Waals surface area contributed by atoms with Crippen LogP contribution in [0.5, 0.6) is 0 Å². The van der Waals surface area contributed by atoms with E-state index in [9.17, 15) is 28.6 Å². The molecule has 2 saturated heterocycles. The monoisotopic (exact) mass is 1570 g/mol. The number of hydrogen-bond acceptors (Lipinski definition) is 23. The number of imidazole rings is 2. The molecule has 5 unspecified atom stereocenters. The zero-order valence-electron chi connectivity index (χ0n) is 62.7. The second-order valence-corrected chi connectivity index (χ2v) is 30.2. The van der Waals surface area contributed by atoms with Gasteiger partial charge in [0.2, 0.25) is 10.6 Å². The molecule has 0 aromatic carbocycles.